The SMILES string of the molecule is [K+].[O-]C1CC(O)C(O)C(CO[C@@H]2CC(O)[C@H](O)C(CO)O2)O1. The molecule has 2 rings (SSSR count). The topological polar surface area (TPSA) is 152 Å². The molecular weight excluding hydrogens is 327 g/mol. The molecule has 8 atom stereocenters. The van der Waals surface area contributed by atoms with Gasteiger partial charge in [0.25, 0.3) is 0 Å². The molecule has 124 valence electrons. The minimum atomic E-state index is -1.44. The summed E-state index contributed by atoms with van der Waals surface area (Å²) in [5, 5.41) is 58.7. The van der Waals surface area contributed by atoms with Gasteiger partial charge in [-0.1, -0.05) is 0 Å². The zero-order valence-electron chi connectivity index (χ0n) is 12.3. The fourth-order valence-corrected chi connectivity index (χ4v) is 2.43. The average Bonchev–Trinajstić information content (AvgIpc) is 2.44. The first-order valence-corrected chi connectivity index (χ1v) is 6.83. The summed E-state index contributed by atoms with van der Waals surface area (Å²) in [6.07, 6.45) is -9.32. The van der Waals surface area contributed by atoms with Crippen LogP contribution in [0.4, 0.5) is 0 Å². The van der Waals surface area contributed by atoms with Crippen LogP contribution < -0.4 is 56.5 Å². The summed E-state index contributed by atoms with van der Waals surface area (Å²) in [6.45, 7) is -0.704. The Hall–Kier alpha value is 1.28. The van der Waals surface area contributed by atoms with Gasteiger partial charge in [0.1, 0.15) is 24.4 Å². The Balaban J connectivity index is 0.00000242. The van der Waals surface area contributed by atoms with Crippen LogP contribution in [0.3, 0.4) is 0 Å². The molecule has 0 spiro atoms. The van der Waals surface area contributed by atoms with E-state index >= 15 is 0 Å². The van der Waals surface area contributed by atoms with Crippen molar-refractivity contribution in [2.45, 2.75) is 62.0 Å². The number of aliphatic hydroxyl groups excluding tert-OH is 5. The summed E-state index contributed by atoms with van der Waals surface area (Å²) in [7, 11) is 0. The van der Waals surface area contributed by atoms with Gasteiger partial charge in [0.05, 0.1) is 25.4 Å². The molecular formula is C12H21KO9. The minimum absolute atomic E-state index is 0. The fourth-order valence-electron chi connectivity index (χ4n) is 2.43. The Morgan fingerprint density at radius 2 is 1.55 bits per heavy atom. The first-order valence-electron chi connectivity index (χ1n) is 6.83. The molecule has 0 aromatic carbocycles. The first kappa shape index (κ1) is 21.3. The van der Waals surface area contributed by atoms with Crippen molar-refractivity contribution in [2.24, 2.45) is 0 Å². The predicted octanol–water partition coefficient (Wildman–Crippen LogP) is -6.97. The third-order valence-corrected chi connectivity index (χ3v) is 3.70. The van der Waals surface area contributed by atoms with E-state index in [1.54, 1.807) is 0 Å². The van der Waals surface area contributed by atoms with Gasteiger partial charge < -0.3 is 44.8 Å². The van der Waals surface area contributed by atoms with E-state index < -0.39 is 55.8 Å². The maximum Gasteiger partial charge on any atom is 1.00 e. The van der Waals surface area contributed by atoms with Crippen LogP contribution in [0.5, 0.6) is 0 Å². The molecule has 5 N–H and O–H groups in total. The Morgan fingerprint density at radius 3 is 2.18 bits per heavy atom. The number of rotatable bonds is 4. The summed E-state index contributed by atoms with van der Waals surface area (Å²) in [4.78, 5) is 0. The van der Waals surface area contributed by atoms with E-state index in [1.165, 1.54) is 0 Å². The number of aliphatic hydroxyl groups is 5. The predicted molar refractivity (Wildman–Crippen MR) is 63.6 cm³/mol. The van der Waals surface area contributed by atoms with E-state index in [2.05, 4.69) is 0 Å². The van der Waals surface area contributed by atoms with Gasteiger partial charge in [0.15, 0.2) is 6.29 Å². The standard InChI is InChI=1S/C12H21O9.K/c13-3-7-11(17)6(15)2-10(21-7)19-4-8-12(18)5(14)1-9(16)20-8;/h5-15,17-18H,1-4H2;/q-1;+1/t5?,6?,7?,8?,9?,10-,11-,12?;/m0./s1. The maximum atomic E-state index is 11.3. The Bertz CT molecular complexity index is 334. The first-order chi connectivity index (χ1) is 9.92. The molecule has 0 amide bonds. The third-order valence-electron chi connectivity index (χ3n) is 3.70. The van der Waals surface area contributed by atoms with Gasteiger partial charge in [-0.25, -0.2) is 0 Å². The fraction of sp³-hybridized carbons (Fsp3) is 1.00. The Kier molecular flexibility index (Phi) is 9.38. The van der Waals surface area contributed by atoms with Crippen LogP contribution in [0.25, 0.3) is 0 Å². The molecule has 10 heteroatoms. The van der Waals surface area contributed by atoms with E-state index in [0.29, 0.717) is 0 Å². The molecule has 0 aromatic heterocycles. The molecule has 2 fully saturated rings. The Labute approximate surface area is 170 Å². The molecule has 0 saturated carbocycles. The van der Waals surface area contributed by atoms with Crippen LogP contribution in [0.15, 0.2) is 0 Å². The van der Waals surface area contributed by atoms with Crippen LogP contribution in [0, 0.1) is 0 Å². The van der Waals surface area contributed by atoms with Crippen LogP contribution in [0.1, 0.15) is 12.8 Å². The molecule has 2 heterocycles. The van der Waals surface area contributed by atoms with Crippen molar-refractivity contribution in [3.63, 3.8) is 0 Å². The van der Waals surface area contributed by atoms with E-state index in [9.17, 15) is 25.5 Å². The molecule has 0 bridgehead atoms. The van der Waals surface area contributed by atoms with E-state index in [4.69, 9.17) is 19.3 Å². The van der Waals surface area contributed by atoms with Gasteiger partial charge in [-0.2, -0.15) is 0 Å². The molecule has 22 heavy (non-hydrogen) atoms. The molecule has 2 saturated heterocycles. The number of hydrogen-bond acceptors (Lipinski definition) is 9. The van der Waals surface area contributed by atoms with Crippen molar-refractivity contribution in [2.75, 3.05) is 13.2 Å². The quantitative estimate of drug-likeness (QED) is 0.312. The molecule has 2 aliphatic rings. The molecule has 6 unspecified atom stereocenters. The zero-order valence-corrected chi connectivity index (χ0v) is 15.4. The smallest absolute Gasteiger partial charge is 0.831 e. The maximum absolute atomic E-state index is 11.3. The van der Waals surface area contributed by atoms with Crippen molar-refractivity contribution in [3.8, 4) is 0 Å². The second-order valence-corrected chi connectivity index (χ2v) is 5.31. The number of hydrogen-bond donors (Lipinski definition) is 5. The van der Waals surface area contributed by atoms with Crippen LogP contribution >= 0.6 is 0 Å². The van der Waals surface area contributed by atoms with E-state index in [-0.39, 0.29) is 70.8 Å². The molecule has 9 nitrogen and oxygen atoms in total. The van der Waals surface area contributed by atoms with Crippen LogP contribution in [0.2, 0.25) is 0 Å². The van der Waals surface area contributed by atoms with Gasteiger partial charge in [-0.15, -0.1) is 0 Å². The summed E-state index contributed by atoms with van der Waals surface area (Å²) < 4.78 is 15.5. The number of ether oxygens (including phenoxy) is 3. The van der Waals surface area contributed by atoms with Gasteiger partial charge >= 0.3 is 51.4 Å². The average molecular weight is 348 g/mol. The molecule has 0 radical (unpaired) electrons. The van der Waals surface area contributed by atoms with Crippen LogP contribution in [-0.4, -0.2) is 88.0 Å². The van der Waals surface area contributed by atoms with Gasteiger partial charge in [0, 0.05) is 6.42 Å². The summed E-state index contributed by atoms with van der Waals surface area (Å²) in [6, 6.07) is 0. The Morgan fingerprint density at radius 1 is 0.955 bits per heavy atom. The largest absolute Gasteiger partial charge is 1.00 e. The second kappa shape index (κ2) is 9.68. The van der Waals surface area contributed by atoms with Gasteiger partial charge in [-0.05, 0) is 12.7 Å². The van der Waals surface area contributed by atoms with Crippen molar-refractivity contribution >= 4 is 0 Å². The van der Waals surface area contributed by atoms with E-state index in [1.807, 2.05) is 0 Å². The molecule has 2 aliphatic heterocycles. The minimum Gasteiger partial charge on any atom is -0.831 e. The summed E-state index contributed by atoms with van der Waals surface area (Å²) in [5.41, 5.74) is 0. The van der Waals surface area contributed by atoms with Crippen molar-refractivity contribution in [1.29, 1.82) is 0 Å². The van der Waals surface area contributed by atoms with Crippen molar-refractivity contribution in [3.05, 3.63) is 0 Å². The zero-order chi connectivity index (χ0) is 15.6. The van der Waals surface area contributed by atoms with Crippen LogP contribution in [-0.2, 0) is 14.2 Å². The summed E-state index contributed by atoms with van der Waals surface area (Å²) >= 11 is 0. The summed E-state index contributed by atoms with van der Waals surface area (Å²) in [5.74, 6) is 0. The molecule has 0 aliphatic carbocycles. The monoisotopic (exact) mass is 348 g/mol. The second-order valence-electron chi connectivity index (χ2n) is 5.31. The van der Waals surface area contributed by atoms with Gasteiger partial charge in [0.2, 0.25) is 0 Å². The van der Waals surface area contributed by atoms with Crippen molar-refractivity contribution < 1.29 is 96.2 Å². The normalized spacial score (nSPS) is 46.1. The van der Waals surface area contributed by atoms with Gasteiger partial charge in [-0.3, -0.25) is 0 Å². The van der Waals surface area contributed by atoms with Crippen molar-refractivity contribution in [1.82, 2.24) is 0 Å². The third kappa shape index (κ3) is 5.39. The van der Waals surface area contributed by atoms with E-state index in [0.717, 1.165) is 0 Å². The molecule has 0 aromatic rings.